The van der Waals surface area contributed by atoms with Crippen LogP contribution in [0.25, 0.3) is 11.3 Å². The average Bonchev–Trinajstić information content (AvgIpc) is 3.14. The summed E-state index contributed by atoms with van der Waals surface area (Å²) in [6, 6.07) is 30.6. The molecule has 3 aromatic carbocycles. The first-order valence-electron chi connectivity index (χ1n) is 8.63. The largest absolute Gasteiger partial charge is 0.286 e. The summed E-state index contributed by atoms with van der Waals surface area (Å²) in [7, 11) is 1.68. The monoisotopic (exact) mass is 370 g/mol. The van der Waals surface area contributed by atoms with Crippen LogP contribution in [0.5, 0.6) is 0 Å². The van der Waals surface area contributed by atoms with Gasteiger partial charge in [-0.25, -0.2) is 4.98 Å². The molecule has 0 N–H and O–H groups in total. The molecule has 0 fully saturated rings. The van der Waals surface area contributed by atoms with Crippen LogP contribution in [-0.2, 0) is 0 Å². The molecule has 0 aliphatic carbocycles. The molecule has 0 atom stereocenters. The lowest BCUT2D eigenvalue weighted by molar-refractivity contribution is 1.18. The lowest BCUT2D eigenvalue weighted by Crippen LogP contribution is -2.09. The Labute approximate surface area is 162 Å². The molecule has 0 unspecified atom stereocenters. The summed E-state index contributed by atoms with van der Waals surface area (Å²) in [5, 5.41) is 9.97. The Morgan fingerprint density at radius 1 is 0.741 bits per heavy atom. The number of hydrogen-bond acceptors (Lipinski definition) is 5. The third kappa shape index (κ3) is 3.64. The summed E-state index contributed by atoms with van der Waals surface area (Å²) < 4.78 is 0. The zero-order chi connectivity index (χ0) is 18.5. The van der Waals surface area contributed by atoms with Crippen LogP contribution in [-0.4, -0.2) is 12.0 Å². The minimum atomic E-state index is 0.801. The summed E-state index contributed by atoms with van der Waals surface area (Å²) in [5.74, 6) is 0. The molecule has 4 rings (SSSR count). The van der Waals surface area contributed by atoms with Gasteiger partial charge in [-0.05, 0) is 24.3 Å². The van der Waals surface area contributed by atoms with Gasteiger partial charge in [0.1, 0.15) is 5.69 Å². The Morgan fingerprint density at radius 2 is 1.26 bits per heavy atom. The molecular formula is C22H18N4S. The van der Waals surface area contributed by atoms with Crippen LogP contribution < -0.4 is 4.90 Å². The van der Waals surface area contributed by atoms with E-state index in [1.54, 1.807) is 7.05 Å². The maximum Gasteiger partial charge on any atom is 0.197 e. The van der Waals surface area contributed by atoms with Gasteiger partial charge in [-0.1, -0.05) is 78.1 Å². The van der Waals surface area contributed by atoms with E-state index in [-0.39, 0.29) is 0 Å². The quantitative estimate of drug-likeness (QED) is 0.355. The number of thiazole rings is 1. The molecule has 1 aromatic heterocycles. The molecule has 0 aliphatic rings. The van der Waals surface area contributed by atoms with E-state index in [1.807, 2.05) is 66.7 Å². The summed E-state index contributed by atoms with van der Waals surface area (Å²) in [6.45, 7) is 0. The Balaban J connectivity index is 1.88. The van der Waals surface area contributed by atoms with Crippen molar-refractivity contribution < 1.29 is 0 Å². The van der Waals surface area contributed by atoms with Crippen LogP contribution in [0.4, 0.5) is 21.5 Å². The molecule has 5 heteroatoms. The van der Waals surface area contributed by atoms with Crippen LogP contribution in [0.2, 0.25) is 0 Å². The highest BCUT2D eigenvalue weighted by Crippen LogP contribution is 2.44. The third-order valence-corrected chi connectivity index (χ3v) is 4.98. The molecule has 0 bridgehead atoms. The first-order valence-corrected chi connectivity index (χ1v) is 9.45. The van der Waals surface area contributed by atoms with Gasteiger partial charge in [0.15, 0.2) is 10.1 Å². The SMILES string of the molecule is C/N=N/c1sc(N(c2ccccc2)c2ccccc2)nc1-c1ccccc1. The number of rotatable bonds is 5. The highest BCUT2D eigenvalue weighted by atomic mass is 32.1. The van der Waals surface area contributed by atoms with E-state index >= 15 is 0 Å². The number of benzene rings is 3. The lowest BCUT2D eigenvalue weighted by atomic mass is 10.2. The molecule has 0 saturated heterocycles. The smallest absolute Gasteiger partial charge is 0.197 e. The van der Waals surface area contributed by atoms with E-state index in [2.05, 4.69) is 39.4 Å². The normalized spacial score (nSPS) is 11.0. The van der Waals surface area contributed by atoms with Gasteiger partial charge in [-0.15, -0.1) is 5.11 Å². The van der Waals surface area contributed by atoms with Gasteiger partial charge < -0.3 is 0 Å². The summed E-state index contributed by atoms with van der Waals surface area (Å²) in [4.78, 5) is 7.09. The first kappa shape index (κ1) is 17.1. The maximum atomic E-state index is 4.94. The standard InChI is InChI=1S/C22H18N4S/c1-23-25-21-20(17-11-5-2-6-12-17)24-22(27-21)26(18-13-7-3-8-14-18)19-15-9-4-10-16-19/h2-16H,1H3/b25-23+. The van der Waals surface area contributed by atoms with E-state index in [1.165, 1.54) is 11.3 Å². The van der Waals surface area contributed by atoms with E-state index in [9.17, 15) is 0 Å². The fraction of sp³-hybridized carbons (Fsp3) is 0.0455. The van der Waals surface area contributed by atoms with Crippen molar-refractivity contribution in [3.8, 4) is 11.3 Å². The van der Waals surface area contributed by atoms with Crippen molar-refractivity contribution in [2.75, 3.05) is 11.9 Å². The van der Waals surface area contributed by atoms with Crippen LogP contribution in [0, 0.1) is 0 Å². The topological polar surface area (TPSA) is 40.9 Å². The van der Waals surface area contributed by atoms with Gasteiger partial charge >= 0.3 is 0 Å². The molecule has 4 aromatic rings. The molecule has 0 radical (unpaired) electrons. The molecular weight excluding hydrogens is 352 g/mol. The zero-order valence-corrected chi connectivity index (χ0v) is 15.7. The minimum Gasteiger partial charge on any atom is -0.286 e. The summed E-state index contributed by atoms with van der Waals surface area (Å²) in [5.41, 5.74) is 3.98. The number of para-hydroxylation sites is 2. The lowest BCUT2D eigenvalue weighted by Gasteiger charge is -2.22. The zero-order valence-electron chi connectivity index (χ0n) is 14.9. The van der Waals surface area contributed by atoms with Gasteiger partial charge in [-0.2, -0.15) is 5.11 Å². The number of aromatic nitrogens is 1. The fourth-order valence-corrected chi connectivity index (χ4v) is 3.86. The Morgan fingerprint density at radius 3 is 1.78 bits per heavy atom. The Hall–Kier alpha value is -3.31. The predicted octanol–water partition coefficient (Wildman–Crippen LogP) is 6.99. The van der Waals surface area contributed by atoms with E-state index in [0.29, 0.717) is 0 Å². The van der Waals surface area contributed by atoms with Crippen molar-refractivity contribution in [3.63, 3.8) is 0 Å². The Bertz CT molecular complexity index is 988. The molecule has 0 aliphatic heterocycles. The van der Waals surface area contributed by atoms with Crippen molar-refractivity contribution in [1.82, 2.24) is 4.98 Å². The van der Waals surface area contributed by atoms with E-state index in [0.717, 1.165) is 32.8 Å². The second-order valence-corrected chi connectivity index (χ2v) is 6.78. The van der Waals surface area contributed by atoms with Crippen molar-refractivity contribution in [3.05, 3.63) is 91.0 Å². The first-order chi connectivity index (χ1) is 13.4. The second kappa shape index (κ2) is 7.93. The predicted molar refractivity (Wildman–Crippen MR) is 113 cm³/mol. The number of nitrogens with zero attached hydrogens (tertiary/aromatic N) is 4. The fourth-order valence-electron chi connectivity index (χ4n) is 2.86. The molecule has 0 saturated carbocycles. The van der Waals surface area contributed by atoms with Gasteiger partial charge in [0.2, 0.25) is 0 Å². The molecule has 1 heterocycles. The average molecular weight is 370 g/mol. The van der Waals surface area contributed by atoms with Gasteiger partial charge in [0.05, 0.1) is 0 Å². The summed E-state index contributed by atoms with van der Waals surface area (Å²) in [6.07, 6.45) is 0. The summed E-state index contributed by atoms with van der Waals surface area (Å²) >= 11 is 1.53. The van der Waals surface area contributed by atoms with Gasteiger partial charge in [-0.3, -0.25) is 4.90 Å². The minimum absolute atomic E-state index is 0.801. The number of hydrogen-bond donors (Lipinski definition) is 0. The number of anilines is 3. The highest BCUT2D eigenvalue weighted by Gasteiger charge is 2.20. The second-order valence-electron chi connectivity index (χ2n) is 5.82. The maximum absolute atomic E-state index is 4.94. The highest BCUT2D eigenvalue weighted by molar-refractivity contribution is 7.19. The van der Waals surface area contributed by atoms with Crippen molar-refractivity contribution >= 4 is 32.8 Å². The van der Waals surface area contributed by atoms with Gasteiger partial charge in [0, 0.05) is 24.0 Å². The third-order valence-electron chi connectivity index (χ3n) is 4.06. The van der Waals surface area contributed by atoms with Crippen molar-refractivity contribution in [2.24, 2.45) is 10.2 Å². The van der Waals surface area contributed by atoms with E-state index < -0.39 is 0 Å². The van der Waals surface area contributed by atoms with Crippen LogP contribution in [0.1, 0.15) is 0 Å². The molecule has 0 spiro atoms. The number of azo groups is 1. The van der Waals surface area contributed by atoms with Crippen LogP contribution in [0.3, 0.4) is 0 Å². The molecule has 4 nitrogen and oxygen atoms in total. The molecule has 132 valence electrons. The van der Waals surface area contributed by atoms with Gasteiger partial charge in [0.25, 0.3) is 0 Å². The Kier molecular flexibility index (Phi) is 5.03. The van der Waals surface area contributed by atoms with Crippen molar-refractivity contribution in [1.29, 1.82) is 0 Å². The molecule has 27 heavy (non-hydrogen) atoms. The van der Waals surface area contributed by atoms with E-state index in [4.69, 9.17) is 4.98 Å². The van der Waals surface area contributed by atoms with Crippen LogP contribution in [0.15, 0.2) is 101 Å². The van der Waals surface area contributed by atoms with Crippen molar-refractivity contribution in [2.45, 2.75) is 0 Å². The van der Waals surface area contributed by atoms with Crippen LogP contribution >= 0.6 is 11.3 Å². The molecule has 0 amide bonds.